The summed E-state index contributed by atoms with van der Waals surface area (Å²) in [5.41, 5.74) is 8.27. The maximum absolute atomic E-state index is 5.39. The lowest BCUT2D eigenvalue weighted by molar-refractivity contribution is 0.366. The Morgan fingerprint density at radius 1 is 0.844 bits per heavy atom. The van der Waals surface area contributed by atoms with Gasteiger partial charge in [-0.05, 0) is 56.0 Å². The smallest absolute Gasteiger partial charge is 0.143 e. The normalized spacial score (nSPS) is 17.7. The van der Waals surface area contributed by atoms with Crippen molar-refractivity contribution in [1.29, 1.82) is 0 Å². The maximum atomic E-state index is 5.39. The average Bonchev–Trinajstić information content (AvgIpc) is 3.36. The molecular weight excluding hydrogens is 392 g/mol. The molecule has 4 aromatic heterocycles. The summed E-state index contributed by atoms with van der Waals surface area (Å²) in [6.45, 7) is 0. The van der Waals surface area contributed by atoms with Crippen LogP contribution in [0, 0.1) is 0 Å². The number of nitrogens with zero attached hydrogens (tertiary/aromatic N) is 4. The van der Waals surface area contributed by atoms with E-state index in [0.717, 1.165) is 29.5 Å². The number of pyridine rings is 2. The second kappa shape index (κ2) is 7.06. The van der Waals surface area contributed by atoms with E-state index >= 15 is 0 Å². The number of allylic oxidation sites excluding steroid dienone is 4. The van der Waals surface area contributed by atoms with Gasteiger partial charge in [-0.2, -0.15) is 0 Å². The second-order valence-corrected chi connectivity index (χ2v) is 9.24. The second-order valence-electron chi connectivity index (χ2n) is 9.24. The van der Waals surface area contributed by atoms with Crippen molar-refractivity contribution in [3.05, 3.63) is 66.9 Å². The van der Waals surface area contributed by atoms with Gasteiger partial charge in [-0.3, -0.25) is 4.98 Å². The van der Waals surface area contributed by atoms with Crippen LogP contribution in [0.1, 0.15) is 51.0 Å². The summed E-state index contributed by atoms with van der Waals surface area (Å²) in [4.78, 5) is 10.2. The number of rotatable bonds is 2. The molecule has 0 bridgehead atoms. The Kier molecular flexibility index (Phi) is 4.01. The van der Waals surface area contributed by atoms with Gasteiger partial charge < -0.3 is 9.13 Å². The van der Waals surface area contributed by atoms with Crippen molar-refractivity contribution in [2.75, 3.05) is 0 Å². The minimum absolute atomic E-state index is 0.512. The lowest BCUT2D eigenvalue weighted by atomic mass is 9.95. The molecule has 32 heavy (non-hydrogen) atoms. The van der Waals surface area contributed by atoms with Crippen LogP contribution >= 0.6 is 0 Å². The summed E-state index contributed by atoms with van der Waals surface area (Å²) in [6.07, 6.45) is 17.1. The zero-order chi connectivity index (χ0) is 21.1. The molecule has 1 aromatic carbocycles. The van der Waals surface area contributed by atoms with Crippen LogP contribution in [-0.2, 0) is 0 Å². The fourth-order valence-electron chi connectivity index (χ4n) is 5.93. The fraction of sp³-hybridized carbons (Fsp3) is 0.286. The third-order valence-corrected chi connectivity index (χ3v) is 7.37. The predicted molar refractivity (Wildman–Crippen MR) is 133 cm³/mol. The van der Waals surface area contributed by atoms with Gasteiger partial charge in [0.2, 0.25) is 0 Å². The molecule has 0 aliphatic heterocycles. The molecule has 0 saturated heterocycles. The first kappa shape index (κ1) is 18.2. The highest BCUT2D eigenvalue weighted by molar-refractivity contribution is 6.14. The quantitative estimate of drug-likeness (QED) is 0.300. The van der Waals surface area contributed by atoms with Crippen molar-refractivity contribution < 1.29 is 0 Å². The summed E-state index contributed by atoms with van der Waals surface area (Å²) >= 11 is 0. The molecule has 158 valence electrons. The minimum Gasteiger partial charge on any atom is -0.321 e. The van der Waals surface area contributed by atoms with Gasteiger partial charge in [0, 0.05) is 28.7 Å². The molecule has 0 amide bonds. The van der Waals surface area contributed by atoms with Gasteiger partial charge in [0.15, 0.2) is 0 Å². The van der Waals surface area contributed by atoms with Gasteiger partial charge in [-0.1, -0.05) is 49.6 Å². The van der Waals surface area contributed by atoms with Crippen LogP contribution in [0.2, 0.25) is 0 Å². The van der Waals surface area contributed by atoms with Crippen LogP contribution in [0.15, 0.2) is 66.9 Å². The molecule has 4 heteroatoms. The SMILES string of the molecule is C1=CCCC(n2c3ccccc3c3nc4c(cc32)c2ncccc2n4C2CCCCC2)=C1. The van der Waals surface area contributed by atoms with Gasteiger partial charge in [0.1, 0.15) is 5.65 Å². The van der Waals surface area contributed by atoms with Gasteiger partial charge in [-0.25, -0.2) is 4.98 Å². The number of fused-ring (bicyclic) bond motifs is 6. The molecule has 5 aromatic rings. The first-order chi connectivity index (χ1) is 15.9. The van der Waals surface area contributed by atoms with Crippen LogP contribution in [-0.4, -0.2) is 19.1 Å². The molecule has 7 rings (SSSR count). The van der Waals surface area contributed by atoms with E-state index < -0.39 is 0 Å². The van der Waals surface area contributed by atoms with Crippen molar-refractivity contribution >= 4 is 49.7 Å². The summed E-state index contributed by atoms with van der Waals surface area (Å²) in [6, 6.07) is 15.9. The molecule has 2 aliphatic rings. The molecule has 4 heterocycles. The molecule has 1 fully saturated rings. The van der Waals surface area contributed by atoms with Crippen LogP contribution in [0.5, 0.6) is 0 Å². The monoisotopic (exact) mass is 418 g/mol. The van der Waals surface area contributed by atoms with Crippen molar-refractivity contribution in [2.24, 2.45) is 0 Å². The topological polar surface area (TPSA) is 35.6 Å². The molecule has 0 atom stereocenters. The van der Waals surface area contributed by atoms with E-state index in [1.807, 2.05) is 6.20 Å². The highest BCUT2D eigenvalue weighted by Crippen LogP contribution is 2.40. The third kappa shape index (κ3) is 2.56. The zero-order valence-corrected chi connectivity index (χ0v) is 18.2. The first-order valence-corrected chi connectivity index (χ1v) is 11.9. The number of hydrogen-bond donors (Lipinski definition) is 0. The van der Waals surface area contributed by atoms with Crippen LogP contribution in [0.25, 0.3) is 49.7 Å². The molecule has 0 radical (unpaired) electrons. The zero-order valence-electron chi connectivity index (χ0n) is 18.2. The van der Waals surface area contributed by atoms with Crippen LogP contribution in [0.4, 0.5) is 0 Å². The van der Waals surface area contributed by atoms with E-state index in [-0.39, 0.29) is 0 Å². The van der Waals surface area contributed by atoms with Crippen molar-refractivity contribution in [3.63, 3.8) is 0 Å². The Morgan fingerprint density at radius 2 is 1.72 bits per heavy atom. The number of hydrogen-bond acceptors (Lipinski definition) is 2. The fourth-order valence-corrected chi connectivity index (χ4v) is 5.93. The largest absolute Gasteiger partial charge is 0.321 e. The van der Waals surface area contributed by atoms with E-state index in [2.05, 4.69) is 69.8 Å². The average molecular weight is 419 g/mol. The van der Waals surface area contributed by atoms with E-state index in [9.17, 15) is 0 Å². The van der Waals surface area contributed by atoms with Crippen molar-refractivity contribution in [3.8, 4) is 0 Å². The van der Waals surface area contributed by atoms with Gasteiger partial charge >= 0.3 is 0 Å². The maximum Gasteiger partial charge on any atom is 0.143 e. The summed E-state index contributed by atoms with van der Waals surface area (Å²) in [5.74, 6) is 0. The Hall–Kier alpha value is -3.40. The van der Waals surface area contributed by atoms with Crippen LogP contribution < -0.4 is 0 Å². The third-order valence-electron chi connectivity index (χ3n) is 7.37. The molecule has 4 nitrogen and oxygen atoms in total. The lowest BCUT2D eigenvalue weighted by Gasteiger charge is -2.24. The predicted octanol–water partition coefficient (Wildman–Crippen LogP) is 7.39. The molecule has 0 N–H and O–H groups in total. The molecule has 0 unspecified atom stereocenters. The Bertz CT molecular complexity index is 1560. The van der Waals surface area contributed by atoms with Gasteiger partial charge in [0.25, 0.3) is 0 Å². The Balaban J connectivity index is 1.62. The summed E-state index contributed by atoms with van der Waals surface area (Å²) in [7, 11) is 0. The number of aromatic nitrogens is 4. The molecule has 0 spiro atoms. The number of para-hydroxylation sites is 1. The van der Waals surface area contributed by atoms with Gasteiger partial charge in [0.05, 0.1) is 27.6 Å². The lowest BCUT2D eigenvalue weighted by Crippen LogP contribution is -2.13. The molecular formula is C28H26N4. The van der Waals surface area contributed by atoms with Crippen molar-refractivity contribution in [2.45, 2.75) is 51.0 Å². The first-order valence-electron chi connectivity index (χ1n) is 11.9. The van der Waals surface area contributed by atoms with Crippen molar-refractivity contribution in [1.82, 2.24) is 19.1 Å². The van der Waals surface area contributed by atoms with E-state index in [4.69, 9.17) is 9.97 Å². The minimum atomic E-state index is 0.512. The highest BCUT2D eigenvalue weighted by atomic mass is 15.1. The Morgan fingerprint density at radius 3 is 2.59 bits per heavy atom. The van der Waals surface area contributed by atoms with E-state index in [1.165, 1.54) is 65.1 Å². The summed E-state index contributed by atoms with van der Waals surface area (Å²) < 4.78 is 4.93. The Labute approximate surface area is 186 Å². The highest BCUT2D eigenvalue weighted by Gasteiger charge is 2.24. The molecule has 1 saturated carbocycles. The van der Waals surface area contributed by atoms with Crippen LogP contribution in [0.3, 0.4) is 0 Å². The van der Waals surface area contributed by atoms with Gasteiger partial charge in [-0.15, -0.1) is 0 Å². The number of benzene rings is 1. The molecule has 2 aliphatic carbocycles. The summed E-state index contributed by atoms with van der Waals surface area (Å²) in [5, 5.41) is 2.41. The standard InChI is InChI=1S/C28H26N4/c1-3-10-19(11-4-1)31-23-15-8-7-14-21(23)27-25(31)18-22-26-24(16-9-17-29-26)32(28(22)30-27)20-12-5-2-6-13-20/h1,3,7-10,14-18,20H,2,4-6,11-13H2. The van der Waals surface area contributed by atoms with E-state index in [0.29, 0.717) is 6.04 Å². The van der Waals surface area contributed by atoms with E-state index in [1.54, 1.807) is 0 Å².